The molecule has 4 N–H and O–H groups in total. The molecule has 94 valence electrons. The smallest absolute Gasteiger partial charge is 0.128 e. The predicted molar refractivity (Wildman–Crippen MR) is 69.4 cm³/mol. The summed E-state index contributed by atoms with van der Waals surface area (Å²) in [5.41, 5.74) is 3.38. The topological polar surface area (TPSA) is 85.6 Å². The summed E-state index contributed by atoms with van der Waals surface area (Å²) in [6, 6.07) is 4.12. The van der Waals surface area contributed by atoms with Crippen LogP contribution in [0.2, 0.25) is 0 Å². The summed E-state index contributed by atoms with van der Waals surface area (Å²) in [7, 11) is 0. The first-order valence-electron chi connectivity index (χ1n) is 5.16. The molecule has 0 aliphatic carbocycles. The molecule has 0 bridgehead atoms. The number of rotatable bonds is 3. The van der Waals surface area contributed by atoms with Crippen molar-refractivity contribution in [2.75, 3.05) is 0 Å². The van der Waals surface area contributed by atoms with Gasteiger partial charge in [0, 0.05) is 17.0 Å². The summed E-state index contributed by atoms with van der Waals surface area (Å²) in [5, 5.41) is 30.8. The van der Waals surface area contributed by atoms with Crippen molar-refractivity contribution in [3.05, 3.63) is 39.8 Å². The van der Waals surface area contributed by atoms with E-state index in [-0.39, 0.29) is 11.5 Å². The fraction of sp³-hybridized carbons (Fsp3) is 0.0833. The van der Waals surface area contributed by atoms with Gasteiger partial charge in [0.2, 0.25) is 0 Å². The molecule has 0 aliphatic heterocycles. The normalized spacial score (nSPS) is 11.6. The Bertz CT molecular complexity index is 593. The molecular formula is C12H12N2O3S. The maximum Gasteiger partial charge on any atom is 0.128 e. The third kappa shape index (κ3) is 2.61. The van der Waals surface area contributed by atoms with Crippen LogP contribution in [0.4, 0.5) is 0 Å². The van der Waals surface area contributed by atoms with Crippen molar-refractivity contribution in [2.24, 2.45) is 0 Å². The van der Waals surface area contributed by atoms with E-state index in [2.05, 4.69) is 4.98 Å². The third-order valence-corrected chi connectivity index (χ3v) is 3.11. The van der Waals surface area contributed by atoms with Crippen LogP contribution in [0.5, 0.6) is 11.5 Å². The van der Waals surface area contributed by atoms with Gasteiger partial charge in [0.25, 0.3) is 0 Å². The number of nitrogens with one attached hydrogen (secondary N) is 1. The number of hydrogen-bond donors (Lipinski definition) is 4. The molecule has 0 saturated heterocycles. The molecule has 0 fully saturated rings. The Kier molecular flexibility index (Phi) is 3.50. The Labute approximate surface area is 108 Å². The van der Waals surface area contributed by atoms with Gasteiger partial charge in [0.15, 0.2) is 0 Å². The van der Waals surface area contributed by atoms with Gasteiger partial charge in [-0.25, -0.2) is 4.98 Å². The second kappa shape index (κ2) is 5.07. The van der Waals surface area contributed by atoms with Crippen LogP contribution >= 0.6 is 11.3 Å². The second-order valence-electron chi connectivity index (χ2n) is 3.66. The molecule has 1 aromatic carbocycles. The highest BCUT2D eigenvalue weighted by molar-refractivity contribution is 7.09. The zero-order valence-corrected chi connectivity index (χ0v) is 10.4. The zero-order chi connectivity index (χ0) is 13.1. The number of aromatic hydroxyl groups is 2. The summed E-state index contributed by atoms with van der Waals surface area (Å²) in [6.07, 6.45) is 1.61. The van der Waals surface area contributed by atoms with Crippen LogP contribution in [-0.2, 0) is 0 Å². The number of aromatic nitrogens is 1. The van der Waals surface area contributed by atoms with Crippen molar-refractivity contribution in [3.63, 3.8) is 0 Å². The van der Waals surface area contributed by atoms with Gasteiger partial charge in [0.1, 0.15) is 11.5 Å². The average molecular weight is 264 g/mol. The van der Waals surface area contributed by atoms with Crippen LogP contribution in [0, 0.1) is 6.92 Å². The van der Waals surface area contributed by atoms with Crippen molar-refractivity contribution in [1.29, 1.82) is 0 Å². The van der Waals surface area contributed by atoms with Crippen LogP contribution in [-0.4, -0.2) is 20.4 Å². The number of aryl methyl sites for hydroxylation is 1. The number of benzene rings is 1. The molecule has 1 aromatic heterocycles. The molecule has 0 saturated carbocycles. The Morgan fingerprint density at radius 3 is 2.72 bits per heavy atom. The molecule has 0 radical (unpaired) electrons. The molecule has 0 amide bonds. The summed E-state index contributed by atoms with van der Waals surface area (Å²) in [5.74, 6) is -0.173. The molecule has 0 spiro atoms. The molecule has 0 unspecified atom stereocenters. The molecule has 2 rings (SSSR count). The number of phenolic OH excluding ortho intramolecular Hbond substituents is 2. The van der Waals surface area contributed by atoms with Crippen LogP contribution in [0.1, 0.15) is 16.3 Å². The first kappa shape index (κ1) is 12.4. The van der Waals surface area contributed by atoms with Gasteiger partial charge in [-0.15, -0.1) is 11.3 Å². The van der Waals surface area contributed by atoms with E-state index >= 15 is 0 Å². The van der Waals surface area contributed by atoms with Crippen molar-refractivity contribution in [1.82, 2.24) is 10.5 Å². The Morgan fingerprint density at radius 2 is 2.17 bits per heavy atom. The average Bonchev–Trinajstić information content (AvgIpc) is 2.72. The zero-order valence-electron chi connectivity index (χ0n) is 9.58. The molecule has 0 aliphatic rings. The lowest BCUT2D eigenvalue weighted by Gasteiger charge is -2.08. The van der Waals surface area contributed by atoms with E-state index in [1.807, 2.05) is 17.8 Å². The van der Waals surface area contributed by atoms with Crippen molar-refractivity contribution in [3.8, 4) is 11.5 Å². The van der Waals surface area contributed by atoms with Crippen LogP contribution in [0.3, 0.4) is 0 Å². The Hall–Kier alpha value is -2.05. The van der Waals surface area contributed by atoms with Crippen LogP contribution < -0.4 is 5.48 Å². The second-order valence-corrected chi connectivity index (χ2v) is 4.72. The van der Waals surface area contributed by atoms with E-state index in [0.29, 0.717) is 17.0 Å². The number of nitrogens with zero attached hydrogens (tertiary/aromatic N) is 1. The monoisotopic (exact) mass is 264 g/mol. The molecule has 0 atom stereocenters. The number of phenols is 2. The van der Waals surface area contributed by atoms with Gasteiger partial charge in [0.05, 0.1) is 16.4 Å². The van der Waals surface area contributed by atoms with Gasteiger partial charge >= 0.3 is 0 Å². The summed E-state index contributed by atoms with van der Waals surface area (Å²) >= 11 is 1.49. The van der Waals surface area contributed by atoms with Crippen LogP contribution in [0.15, 0.2) is 23.6 Å². The lowest BCUT2D eigenvalue weighted by atomic mass is 10.1. The van der Waals surface area contributed by atoms with Crippen molar-refractivity contribution < 1.29 is 15.4 Å². The molecule has 2 aromatic rings. The van der Waals surface area contributed by atoms with E-state index in [1.54, 1.807) is 6.08 Å². The van der Waals surface area contributed by atoms with Gasteiger partial charge in [-0.05, 0) is 25.1 Å². The van der Waals surface area contributed by atoms with Gasteiger partial charge < -0.3 is 10.2 Å². The predicted octanol–water partition coefficient (Wildman–Crippen LogP) is 2.34. The standard InChI is InChI=1S/C12H12N2O3S/c1-7-13-8(6-18-7)4-11(14-17)10-3-2-9(15)5-12(10)16/h2-6,14-17H,1H3/b11-4-. The fourth-order valence-electron chi connectivity index (χ4n) is 1.51. The summed E-state index contributed by atoms with van der Waals surface area (Å²) < 4.78 is 0. The first-order valence-corrected chi connectivity index (χ1v) is 6.04. The largest absolute Gasteiger partial charge is 0.508 e. The van der Waals surface area contributed by atoms with Crippen LogP contribution in [0.25, 0.3) is 11.8 Å². The Balaban J connectivity index is 2.42. The molecular weight excluding hydrogens is 252 g/mol. The van der Waals surface area contributed by atoms with E-state index in [9.17, 15) is 10.2 Å². The highest BCUT2D eigenvalue weighted by Gasteiger charge is 2.08. The van der Waals surface area contributed by atoms with Crippen molar-refractivity contribution in [2.45, 2.75) is 6.92 Å². The fourth-order valence-corrected chi connectivity index (χ4v) is 2.08. The highest BCUT2D eigenvalue weighted by atomic mass is 32.1. The minimum Gasteiger partial charge on any atom is -0.508 e. The molecule has 6 heteroatoms. The highest BCUT2D eigenvalue weighted by Crippen LogP contribution is 2.28. The van der Waals surface area contributed by atoms with Gasteiger partial charge in [-0.3, -0.25) is 10.7 Å². The minimum absolute atomic E-state index is 0.0435. The maximum atomic E-state index is 9.71. The summed E-state index contributed by atoms with van der Waals surface area (Å²) in [4.78, 5) is 4.23. The third-order valence-electron chi connectivity index (χ3n) is 2.32. The lowest BCUT2D eigenvalue weighted by molar-refractivity contribution is 0.225. The van der Waals surface area contributed by atoms with Gasteiger partial charge in [-0.2, -0.15) is 0 Å². The summed E-state index contributed by atoms with van der Waals surface area (Å²) in [6.45, 7) is 1.88. The van der Waals surface area contributed by atoms with E-state index < -0.39 is 0 Å². The number of thiazole rings is 1. The van der Waals surface area contributed by atoms with Gasteiger partial charge in [-0.1, -0.05) is 0 Å². The lowest BCUT2D eigenvalue weighted by Crippen LogP contribution is -2.05. The van der Waals surface area contributed by atoms with E-state index in [1.165, 1.54) is 29.5 Å². The molecule has 1 heterocycles. The van der Waals surface area contributed by atoms with E-state index in [0.717, 1.165) is 5.01 Å². The number of hydroxylamine groups is 1. The minimum atomic E-state index is -0.130. The first-order chi connectivity index (χ1) is 8.60. The van der Waals surface area contributed by atoms with E-state index in [4.69, 9.17) is 5.21 Å². The van der Waals surface area contributed by atoms with Crippen molar-refractivity contribution >= 4 is 23.1 Å². The SMILES string of the molecule is Cc1nc(/C=C(\NO)c2ccc(O)cc2O)cs1. The number of hydrogen-bond acceptors (Lipinski definition) is 6. The quantitative estimate of drug-likeness (QED) is 0.639. The maximum absolute atomic E-state index is 9.71. The molecule has 5 nitrogen and oxygen atoms in total. The molecule has 18 heavy (non-hydrogen) atoms. The Morgan fingerprint density at radius 1 is 1.39 bits per heavy atom.